The highest BCUT2D eigenvalue weighted by atomic mass is 35.5. The number of nitrogens with one attached hydrogen (secondary N) is 2. The summed E-state index contributed by atoms with van der Waals surface area (Å²) in [5.41, 5.74) is 3.61. The predicted molar refractivity (Wildman–Crippen MR) is 75.3 cm³/mol. The van der Waals surface area contributed by atoms with Crippen molar-refractivity contribution in [1.82, 2.24) is 4.57 Å². The molecular formula is C14H15ClN3OS-. The zero-order valence-corrected chi connectivity index (χ0v) is 12.4. The van der Waals surface area contributed by atoms with Crippen LogP contribution in [0.4, 0.5) is 5.69 Å². The van der Waals surface area contributed by atoms with Gasteiger partial charge in [0.05, 0.1) is 0 Å². The number of fused-ring (bicyclic) bond motifs is 1. The van der Waals surface area contributed by atoms with E-state index in [1.807, 2.05) is 11.4 Å². The Labute approximate surface area is 127 Å². The number of halogens is 1. The number of anilines is 1. The van der Waals surface area contributed by atoms with E-state index in [0.717, 1.165) is 18.5 Å². The fraction of sp³-hybridized carbons (Fsp3) is 0.286. The number of nitrogens with zero attached hydrogens (tertiary/aromatic N) is 1. The van der Waals surface area contributed by atoms with Crippen molar-refractivity contribution in [2.45, 2.75) is 25.8 Å². The lowest BCUT2D eigenvalue weighted by Crippen LogP contribution is -3.00. The van der Waals surface area contributed by atoms with Crippen molar-refractivity contribution in [3.63, 3.8) is 0 Å². The number of aryl methyl sites for hydroxylation is 2. The third kappa shape index (κ3) is 3.11. The number of amides is 1. The van der Waals surface area contributed by atoms with E-state index in [4.69, 9.17) is 5.41 Å². The van der Waals surface area contributed by atoms with Gasteiger partial charge in [-0.1, -0.05) is 6.07 Å². The number of carbonyl (C=O) groups excluding carboxylic acids is 1. The number of hydrogen-bond donors (Lipinski definition) is 2. The Hall–Kier alpha value is -1.59. The summed E-state index contributed by atoms with van der Waals surface area (Å²) in [4.78, 5) is 12.3. The monoisotopic (exact) mass is 308 g/mol. The summed E-state index contributed by atoms with van der Waals surface area (Å²) in [7, 11) is 0. The highest BCUT2D eigenvalue weighted by molar-refractivity contribution is 7.06. The van der Waals surface area contributed by atoms with E-state index >= 15 is 0 Å². The first-order valence-electron chi connectivity index (χ1n) is 6.32. The van der Waals surface area contributed by atoms with Crippen molar-refractivity contribution in [2.24, 2.45) is 0 Å². The molecule has 0 spiro atoms. The fourth-order valence-electron chi connectivity index (χ4n) is 2.43. The lowest BCUT2D eigenvalue weighted by atomic mass is 10.1. The quantitative estimate of drug-likeness (QED) is 0.763. The molecule has 0 atom stereocenters. The Bertz CT molecular complexity index is 677. The predicted octanol–water partition coefficient (Wildman–Crippen LogP) is -0.840. The molecule has 20 heavy (non-hydrogen) atoms. The van der Waals surface area contributed by atoms with Crippen LogP contribution in [0.25, 0.3) is 0 Å². The molecule has 0 fully saturated rings. The molecule has 1 amide bonds. The summed E-state index contributed by atoms with van der Waals surface area (Å²) in [6, 6.07) is 6.13. The third-order valence-electron chi connectivity index (χ3n) is 3.38. The van der Waals surface area contributed by atoms with Crippen LogP contribution < -0.4 is 22.5 Å². The SMILES string of the molecule is N=c1sccn1CC(=O)Nc1ccc2c(c1)CCC2.[Cl-]. The van der Waals surface area contributed by atoms with Crippen molar-refractivity contribution in [3.05, 3.63) is 45.7 Å². The molecule has 106 valence electrons. The van der Waals surface area contributed by atoms with Crippen molar-refractivity contribution in [2.75, 3.05) is 5.32 Å². The van der Waals surface area contributed by atoms with E-state index in [2.05, 4.69) is 17.4 Å². The maximum absolute atomic E-state index is 11.9. The van der Waals surface area contributed by atoms with Gasteiger partial charge in [-0.25, -0.2) is 0 Å². The molecule has 2 N–H and O–H groups in total. The van der Waals surface area contributed by atoms with Crippen molar-refractivity contribution >= 4 is 22.9 Å². The van der Waals surface area contributed by atoms with Gasteiger partial charge in [0.25, 0.3) is 0 Å². The fourth-order valence-corrected chi connectivity index (χ4v) is 3.03. The number of benzene rings is 1. The Morgan fingerprint density at radius 1 is 1.35 bits per heavy atom. The molecule has 0 bridgehead atoms. The molecule has 1 heterocycles. The topological polar surface area (TPSA) is 57.9 Å². The van der Waals surface area contributed by atoms with Crippen LogP contribution in [0.3, 0.4) is 0 Å². The summed E-state index contributed by atoms with van der Waals surface area (Å²) < 4.78 is 1.63. The van der Waals surface area contributed by atoms with Gasteiger partial charge in [-0.15, -0.1) is 11.3 Å². The lowest BCUT2D eigenvalue weighted by molar-refractivity contribution is -0.116. The molecule has 1 aliphatic carbocycles. The van der Waals surface area contributed by atoms with E-state index in [9.17, 15) is 4.79 Å². The summed E-state index contributed by atoms with van der Waals surface area (Å²) in [5, 5.41) is 12.3. The summed E-state index contributed by atoms with van der Waals surface area (Å²) in [5.74, 6) is -0.0881. The standard InChI is InChI=1S/C14H15N3OS.ClH/c15-14-17(6-7-19-14)9-13(18)16-12-5-4-10-2-1-3-11(10)8-12;/h4-8,15H,1-3,9H2,(H,16,18);1H/p-1. The van der Waals surface area contributed by atoms with Crippen LogP contribution in [0.5, 0.6) is 0 Å². The molecule has 1 aromatic carbocycles. The van der Waals surface area contributed by atoms with Crippen LogP contribution in [0.1, 0.15) is 17.5 Å². The summed E-state index contributed by atoms with van der Waals surface area (Å²) >= 11 is 1.32. The van der Waals surface area contributed by atoms with Crippen LogP contribution in [-0.2, 0) is 24.2 Å². The van der Waals surface area contributed by atoms with Gasteiger partial charge in [-0.2, -0.15) is 0 Å². The minimum absolute atomic E-state index is 0. The number of thiazole rings is 1. The molecule has 1 aromatic heterocycles. The largest absolute Gasteiger partial charge is 1.00 e. The average Bonchev–Trinajstić information content (AvgIpc) is 2.98. The molecule has 1 aliphatic rings. The number of aromatic nitrogens is 1. The minimum atomic E-state index is -0.0881. The van der Waals surface area contributed by atoms with Crippen LogP contribution in [0, 0.1) is 5.41 Å². The first kappa shape index (κ1) is 14.8. The van der Waals surface area contributed by atoms with Gasteiger partial charge in [0, 0.05) is 17.3 Å². The third-order valence-corrected chi connectivity index (χ3v) is 4.09. The lowest BCUT2D eigenvalue weighted by Gasteiger charge is -2.08. The summed E-state index contributed by atoms with van der Waals surface area (Å²) in [6.07, 6.45) is 5.22. The molecule has 0 saturated carbocycles. The Morgan fingerprint density at radius 2 is 2.15 bits per heavy atom. The second-order valence-electron chi connectivity index (χ2n) is 4.72. The van der Waals surface area contributed by atoms with Gasteiger partial charge in [0.1, 0.15) is 6.54 Å². The van der Waals surface area contributed by atoms with Crippen molar-refractivity contribution < 1.29 is 17.2 Å². The Morgan fingerprint density at radius 3 is 2.90 bits per heavy atom. The van der Waals surface area contributed by atoms with Crippen LogP contribution >= 0.6 is 11.3 Å². The maximum Gasteiger partial charge on any atom is 0.244 e. The van der Waals surface area contributed by atoms with Gasteiger partial charge >= 0.3 is 0 Å². The molecule has 0 saturated heterocycles. The van der Waals surface area contributed by atoms with E-state index < -0.39 is 0 Å². The van der Waals surface area contributed by atoms with Crippen LogP contribution in [0.15, 0.2) is 29.8 Å². The van der Waals surface area contributed by atoms with Gasteiger partial charge in [0.2, 0.25) is 5.91 Å². The van der Waals surface area contributed by atoms with E-state index in [1.165, 1.54) is 28.9 Å². The van der Waals surface area contributed by atoms with E-state index in [1.54, 1.807) is 10.8 Å². The first-order valence-corrected chi connectivity index (χ1v) is 7.20. The Balaban J connectivity index is 0.00000147. The van der Waals surface area contributed by atoms with Crippen molar-refractivity contribution in [1.29, 1.82) is 5.41 Å². The highest BCUT2D eigenvalue weighted by Crippen LogP contribution is 2.24. The second-order valence-corrected chi connectivity index (χ2v) is 5.62. The average molecular weight is 309 g/mol. The minimum Gasteiger partial charge on any atom is -1.00 e. The molecule has 6 heteroatoms. The highest BCUT2D eigenvalue weighted by Gasteiger charge is 2.12. The van der Waals surface area contributed by atoms with Gasteiger partial charge in [-0.3, -0.25) is 10.2 Å². The van der Waals surface area contributed by atoms with Crippen LogP contribution in [0.2, 0.25) is 0 Å². The van der Waals surface area contributed by atoms with E-state index in [0.29, 0.717) is 4.80 Å². The summed E-state index contributed by atoms with van der Waals surface area (Å²) in [6.45, 7) is 0.194. The van der Waals surface area contributed by atoms with Crippen molar-refractivity contribution in [3.8, 4) is 0 Å². The van der Waals surface area contributed by atoms with Gasteiger partial charge in [0.15, 0.2) is 4.80 Å². The number of rotatable bonds is 3. The second kappa shape index (κ2) is 6.24. The molecule has 0 radical (unpaired) electrons. The number of hydrogen-bond acceptors (Lipinski definition) is 3. The molecule has 4 nitrogen and oxygen atoms in total. The molecule has 0 aliphatic heterocycles. The van der Waals surface area contributed by atoms with E-state index in [-0.39, 0.29) is 24.9 Å². The first-order chi connectivity index (χ1) is 9.22. The van der Waals surface area contributed by atoms with Gasteiger partial charge < -0.3 is 22.3 Å². The molecule has 3 rings (SSSR count). The number of carbonyl (C=O) groups is 1. The molecule has 0 unspecified atom stereocenters. The van der Waals surface area contributed by atoms with Crippen LogP contribution in [-0.4, -0.2) is 10.5 Å². The smallest absolute Gasteiger partial charge is 0.244 e. The normalized spacial score (nSPS) is 12.6. The maximum atomic E-state index is 11.9. The Kier molecular flexibility index (Phi) is 4.62. The molecule has 2 aromatic rings. The zero-order valence-electron chi connectivity index (χ0n) is 10.9. The molecular weight excluding hydrogens is 294 g/mol. The zero-order chi connectivity index (χ0) is 13.2. The van der Waals surface area contributed by atoms with Gasteiger partial charge in [-0.05, 0) is 42.5 Å².